The van der Waals surface area contributed by atoms with Crippen LogP contribution in [-0.4, -0.2) is 70.9 Å². The number of rotatable bonds is 6. The lowest BCUT2D eigenvalue weighted by Gasteiger charge is -2.19. The van der Waals surface area contributed by atoms with E-state index in [4.69, 9.17) is 4.74 Å². The second-order valence-corrected chi connectivity index (χ2v) is 11.2. The van der Waals surface area contributed by atoms with Crippen molar-refractivity contribution in [2.45, 2.75) is 37.5 Å². The van der Waals surface area contributed by atoms with E-state index in [1.807, 2.05) is 0 Å². The quantitative estimate of drug-likeness (QED) is 0.483. The van der Waals surface area contributed by atoms with Crippen molar-refractivity contribution >= 4 is 13.2 Å². The van der Waals surface area contributed by atoms with E-state index >= 15 is 0 Å². The summed E-state index contributed by atoms with van der Waals surface area (Å²) in [4.78, 5) is 26.0. The first-order chi connectivity index (χ1) is 11.1. The molecule has 0 spiro atoms. The highest BCUT2D eigenvalue weighted by atomic mass is 31.2. The molecule has 2 heterocycles. The van der Waals surface area contributed by atoms with E-state index in [0.717, 1.165) is 10.7 Å². The maximum atomic E-state index is 12.1. The molecule has 1 fully saturated rings. The van der Waals surface area contributed by atoms with E-state index < -0.39 is 42.7 Å². The molecule has 0 aromatic carbocycles. The van der Waals surface area contributed by atoms with Crippen molar-refractivity contribution in [3.63, 3.8) is 0 Å². The Hall–Kier alpha value is -1.18. The van der Waals surface area contributed by atoms with Gasteiger partial charge in [0.25, 0.3) is 5.56 Å². The van der Waals surface area contributed by atoms with Crippen LogP contribution in [0.3, 0.4) is 0 Å². The molecule has 0 aliphatic carbocycles. The molecule has 4 N–H and O–H groups in total. The summed E-state index contributed by atoms with van der Waals surface area (Å²) in [7, 11) is 1.68. The number of aromatic amines is 1. The smallest absolute Gasteiger partial charge is 0.330 e. The van der Waals surface area contributed by atoms with Gasteiger partial charge in [0, 0.05) is 18.3 Å². The zero-order valence-electron chi connectivity index (χ0n) is 14.2. The molecule has 2 unspecified atom stereocenters. The molecule has 136 valence electrons. The summed E-state index contributed by atoms with van der Waals surface area (Å²) in [5, 5.41) is 23.3. The highest BCUT2D eigenvalue weighted by Crippen LogP contribution is 2.39. The zero-order chi connectivity index (χ0) is 18.1. The van der Waals surface area contributed by atoms with Crippen LogP contribution in [-0.2, 0) is 11.3 Å². The summed E-state index contributed by atoms with van der Waals surface area (Å²) < 4.78 is 6.86. The number of aliphatic hydroxyl groups excluding tert-OH is 2. The SMILES string of the molecule is C=P(C)(C)CCC1OC(n2cc(CNC)c(=O)[nH]c2=O)[C@H](O)[C@@H]1O. The van der Waals surface area contributed by atoms with Crippen LogP contribution >= 0.6 is 6.89 Å². The summed E-state index contributed by atoms with van der Waals surface area (Å²) in [6.45, 7) is 3.15. The molecular formula is C15H26N3O5P. The maximum absolute atomic E-state index is 12.1. The first kappa shape index (κ1) is 19.1. The van der Waals surface area contributed by atoms with Gasteiger partial charge in [0.1, 0.15) is 12.2 Å². The van der Waals surface area contributed by atoms with Crippen LogP contribution in [0.2, 0.25) is 0 Å². The Morgan fingerprint density at radius 2 is 2.04 bits per heavy atom. The Balaban J connectivity index is 2.26. The minimum Gasteiger partial charge on any atom is -0.388 e. The van der Waals surface area contributed by atoms with Gasteiger partial charge in [-0.2, -0.15) is 0 Å². The van der Waals surface area contributed by atoms with Crippen LogP contribution in [0.1, 0.15) is 18.2 Å². The summed E-state index contributed by atoms with van der Waals surface area (Å²) in [6.07, 6.45) is 2.90. The van der Waals surface area contributed by atoms with Gasteiger partial charge >= 0.3 is 5.69 Å². The van der Waals surface area contributed by atoms with Gasteiger partial charge in [-0.1, -0.05) is 0 Å². The Bertz CT molecular complexity index is 737. The predicted molar refractivity (Wildman–Crippen MR) is 95.4 cm³/mol. The molecule has 1 aromatic heterocycles. The van der Waals surface area contributed by atoms with Gasteiger partial charge in [0.05, 0.1) is 6.10 Å². The van der Waals surface area contributed by atoms with Crippen LogP contribution in [0, 0.1) is 0 Å². The van der Waals surface area contributed by atoms with Crippen LogP contribution < -0.4 is 16.6 Å². The molecule has 0 radical (unpaired) electrons. The van der Waals surface area contributed by atoms with Crippen molar-refractivity contribution in [2.75, 3.05) is 26.5 Å². The number of aliphatic hydroxyl groups is 2. The molecule has 1 aliphatic heterocycles. The second kappa shape index (κ2) is 7.37. The average Bonchev–Trinajstić information content (AvgIpc) is 2.75. The molecular weight excluding hydrogens is 333 g/mol. The number of hydrogen-bond acceptors (Lipinski definition) is 6. The Kier molecular flexibility index (Phi) is 5.88. The molecule has 2 rings (SSSR count). The molecule has 4 atom stereocenters. The topological polar surface area (TPSA) is 117 Å². The minimum atomic E-state index is -1.29. The summed E-state index contributed by atoms with van der Waals surface area (Å²) in [5.41, 5.74) is -0.823. The molecule has 1 saturated heterocycles. The van der Waals surface area contributed by atoms with Crippen LogP contribution in [0.5, 0.6) is 0 Å². The lowest BCUT2D eigenvalue weighted by Crippen LogP contribution is -2.39. The van der Waals surface area contributed by atoms with Crippen LogP contribution in [0.4, 0.5) is 0 Å². The van der Waals surface area contributed by atoms with Gasteiger partial charge in [-0.15, -0.1) is 13.2 Å². The fourth-order valence-corrected chi connectivity index (χ4v) is 3.66. The normalized spacial score (nSPS) is 27.5. The molecule has 1 aliphatic rings. The Morgan fingerprint density at radius 3 is 2.62 bits per heavy atom. The van der Waals surface area contributed by atoms with Crippen LogP contribution in [0.15, 0.2) is 15.8 Å². The standard InChI is InChI=1S/C15H26N3O5P/c1-16-7-9-8-18(15(22)17-13(9)21)14-12(20)11(19)10(23-14)5-6-24(2,3)4/h8,10-12,14,16,19-20H,2,5-7H2,1,3-4H3,(H,17,21,22)/t10?,11-,12-,14?/m1/s1. The van der Waals surface area contributed by atoms with E-state index in [1.165, 1.54) is 6.20 Å². The number of nitrogens with zero attached hydrogens (tertiary/aromatic N) is 1. The van der Waals surface area contributed by atoms with E-state index in [2.05, 4.69) is 29.9 Å². The van der Waals surface area contributed by atoms with E-state index in [9.17, 15) is 19.8 Å². The van der Waals surface area contributed by atoms with Gasteiger partial charge in [-0.05, 0) is 33.0 Å². The molecule has 24 heavy (non-hydrogen) atoms. The molecule has 9 heteroatoms. The van der Waals surface area contributed by atoms with Crippen molar-refractivity contribution in [3.05, 3.63) is 32.6 Å². The third-order valence-electron chi connectivity index (χ3n) is 4.04. The van der Waals surface area contributed by atoms with Crippen molar-refractivity contribution in [3.8, 4) is 0 Å². The summed E-state index contributed by atoms with van der Waals surface area (Å²) in [5.74, 6) is 0. The van der Waals surface area contributed by atoms with Crippen LogP contribution in [0.25, 0.3) is 0 Å². The molecule has 1 aromatic rings. The third-order valence-corrected chi connectivity index (χ3v) is 5.51. The highest BCUT2D eigenvalue weighted by Gasteiger charge is 2.43. The Morgan fingerprint density at radius 1 is 1.38 bits per heavy atom. The zero-order valence-corrected chi connectivity index (χ0v) is 15.1. The first-order valence-corrected chi connectivity index (χ1v) is 10.9. The van der Waals surface area contributed by atoms with Crippen molar-refractivity contribution in [1.29, 1.82) is 0 Å². The van der Waals surface area contributed by atoms with Gasteiger partial charge < -0.3 is 20.3 Å². The Labute approximate surface area is 140 Å². The molecule has 0 saturated carbocycles. The van der Waals surface area contributed by atoms with E-state index in [-0.39, 0.29) is 6.54 Å². The lowest BCUT2D eigenvalue weighted by atomic mass is 10.1. The monoisotopic (exact) mass is 359 g/mol. The van der Waals surface area contributed by atoms with Gasteiger partial charge in [-0.3, -0.25) is 14.3 Å². The summed E-state index contributed by atoms with van der Waals surface area (Å²) >= 11 is 0. The fraction of sp³-hybridized carbons (Fsp3) is 0.667. The van der Waals surface area contributed by atoms with Crippen molar-refractivity contribution < 1.29 is 14.9 Å². The maximum Gasteiger partial charge on any atom is 0.330 e. The van der Waals surface area contributed by atoms with E-state index in [1.54, 1.807) is 7.05 Å². The lowest BCUT2D eigenvalue weighted by molar-refractivity contribution is -0.0404. The first-order valence-electron chi connectivity index (χ1n) is 7.82. The number of nitrogens with one attached hydrogen (secondary N) is 2. The summed E-state index contributed by atoms with van der Waals surface area (Å²) in [6, 6.07) is 0. The van der Waals surface area contributed by atoms with Crippen molar-refractivity contribution in [1.82, 2.24) is 14.9 Å². The number of aromatic nitrogens is 2. The minimum absolute atomic E-state index is 0.268. The largest absolute Gasteiger partial charge is 0.388 e. The number of H-pyrrole nitrogens is 1. The predicted octanol–water partition coefficient (Wildman–Crippen LogP) is -1.03. The van der Waals surface area contributed by atoms with Gasteiger partial charge in [0.15, 0.2) is 6.23 Å². The van der Waals surface area contributed by atoms with Crippen molar-refractivity contribution in [2.24, 2.45) is 0 Å². The van der Waals surface area contributed by atoms with E-state index in [0.29, 0.717) is 12.0 Å². The second-order valence-electron chi connectivity index (χ2n) is 6.85. The average molecular weight is 359 g/mol. The third kappa shape index (κ3) is 4.26. The molecule has 0 amide bonds. The van der Waals surface area contributed by atoms with Gasteiger partial charge in [-0.25, -0.2) is 4.79 Å². The molecule has 0 bridgehead atoms. The number of hydrogen-bond donors (Lipinski definition) is 4. The highest BCUT2D eigenvalue weighted by molar-refractivity contribution is 7.72. The molecule has 8 nitrogen and oxygen atoms in total. The van der Waals surface area contributed by atoms with Gasteiger partial charge in [0.2, 0.25) is 0 Å². The fourth-order valence-electron chi connectivity index (χ4n) is 2.71. The number of ether oxygens (including phenoxy) is 1.